The molecule has 140 valence electrons. The zero-order valence-electron chi connectivity index (χ0n) is 15.3. The van der Waals surface area contributed by atoms with E-state index in [0.29, 0.717) is 30.9 Å². The van der Waals surface area contributed by atoms with Crippen molar-refractivity contribution in [1.29, 1.82) is 0 Å². The number of ether oxygens (including phenoxy) is 2. The van der Waals surface area contributed by atoms with E-state index >= 15 is 0 Å². The Hall–Kier alpha value is -2.93. The summed E-state index contributed by atoms with van der Waals surface area (Å²) in [6, 6.07) is 9.46. The number of thiazole rings is 1. The molecular weight excluding hydrogens is 362 g/mol. The number of nitrogens with zero attached hydrogens (tertiary/aromatic N) is 2. The largest absolute Gasteiger partial charge is 0.493 e. The number of benzene rings is 1. The molecule has 3 rings (SSSR count). The van der Waals surface area contributed by atoms with Gasteiger partial charge in [0.2, 0.25) is 5.91 Å². The molecule has 2 aromatic heterocycles. The van der Waals surface area contributed by atoms with Gasteiger partial charge in [-0.25, -0.2) is 4.98 Å². The monoisotopic (exact) mass is 383 g/mol. The second kappa shape index (κ2) is 9.14. The third-order valence-electron chi connectivity index (χ3n) is 4.02. The minimum Gasteiger partial charge on any atom is -0.493 e. The lowest BCUT2D eigenvalue weighted by Crippen LogP contribution is -2.23. The van der Waals surface area contributed by atoms with E-state index in [2.05, 4.69) is 15.3 Å². The van der Waals surface area contributed by atoms with Crippen LogP contribution in [0.25, 0.3) is 10.6 Å². The minimum absolute atomic E-state index is 0.0109. The lowest BCUT2D eigenvalue weighted by Gasteiger charge is -2.10. The second-order valence-corrected chi connectivity index (χ2v) is 6.70. The van der Waals surface area contributed by atoms with Crippen LogP contribution in [0.15, 0.2) is 48.1 Å². The average Bonchev–Trinajstić information content (AvgIpc) is 3.20. The molecule has 0 radical (unpaired) electrons. The van der Waals surface area contributed by atoms with Gasteiger partial charge in [-0.05, 0) is 36.2 Å². The Morgan fingerprint density at radius 3 is 2.63 bits per heavy atom. The van der Waals surface area contributed by atoms with Crippen LogP contribution in [0.1, 0.15) is 17.7 Å². The molecule has 0 spiro atoms. The van der Waals surface area contributed by atoms with Crippen LogP contribution < -0.4 is 14.8 Å². The fourth-order valence-electron chi connectivity index (χ4n) is 2.57. The van der Waals surface area contributed by atoms with Gasteiger partial charge in [0, 0.05) is 36.3 Å². The van der Waals surface area contributed by atoms with Crippen LogP contribution in [-0.4, -0.2) is 30.1 Å². The summed E-state index contributed by atoms with van der Waals surface area (Å²) in [6.45, 7) is 0.443. The molecule has 27 heavy (non-hydrogen) atoms. The fraction of sp³-hybridized carbons (Fsp3) is 0.250. The number of hydrogen-bond acceptors (Lipinski definition) is 6. The predicted molar refractivity (Wildman–Crippen MR) is 105 cm³/mol. The van der Waals surface area contributed by atoms with Crippen LogP contribution in [0.4, 0.5) is 0 Å². The first kappa shape index (κ1) is 18.8. The Labute approximate surface area is 162 Å². The zero-order chi connectivity index (χ0) is 19.1. The van der Waals surface area contributed by atoms with Crippen LogP contribution in [0.3, 0.4) is 0 Å². The van der Waals surface area contributed by atoms with Gasteiger partial charge in [-0.2, -0.15) is 0 Å². The maximum Gasteiger partial charge on any atom is 0.220 e. The summed E-state index contributed by atoms with van der Waals surface area (Å²) in [5.41, 5.74) is 2.92. The molecule has 0 aliphatic heterocycles. The van der Waals surface area contributed by atoms with Gasteiger partial charge in [0.1, 0.15) is 5.01 Å². The lowest BCUT2D eigenvalue weighted by molar-refractivity contribution is -0.121. The molecule has 0 aliphatic rings. The van der Waals surface area contributed by atoms with Crippen LogP contribution >= 0.6 is 11.3 Å². The maximum absolute atomic E-state index is 12.1. The number of carbonyl (C=O) groups excluding carboxylic acids is 1. The summed E-state index contributed by atoms with van der Waals surface area (Å²) in [5.74, 6) is 1.31. The van der Waals surface area contributed by atoms with E-state index in [4.69, 9.17) is 9.47 Å². The molecule has 0 atom stereocenters. The molecule has 1 amide bonds. The number of carbonyl (C=O) groups is 1. The summed E-state index contributed by atoms with van der Waals surface area (Å²) < 4.78 is 10.5. The standard InChI is InChI=1S/C20H21N3O3S/c1-25-17-5-3-14(11-18(17)26-2)12-22-19(24)6-4-16-13-27-20(23-16)15-7-9-21-10-8-15/h3,5,7-11,13H,4,6,12H2,1-2H3,(H,22,24). The van der Waals surface area contributed by atoms with Crippen molar-refractivity contribution in [2.24, 2.45) is 0 Å². The Morgan fingerprint density at radius 2 is 1.89 bits per heavy atom. The molecule has 0 saturated heterocycles. The Morgan fingerprint density at radius 1 is 1.11 bits per heavy atom. The zero-order valence-corrected chi connectivity index (χ0v) is 16.1. The summed E-state index contributed by atoms with van der Waals surface area (Å²) in [6.07, 6.45) is 4.50. The van der Waals surface area contributed by atoms with Crippen molar-refractivity contribution in [2.75, 3.05) is 14.2 Å². The molecule has 0 fully saturated rings. The van der Waals surface area contributed by atoms with Gasteiger partial charge in [-0.3, -0.25) is 9.78 Å². The van der Waals surface area contributed by atoms with E-state index in [1.54, 1.807) is 38.0 Å². The maximum atomic E-state index is 12.1. The fourth-order valence-corrected chi connectivity index (χ4v) is 3.43. The van der Waals surface area contributed by atoms with E-state index in [1.807, 2.05) is 35.7 Å². The molecular formula is C20H21N3O3S. The number of rotatable bonds is 8. The Kier molecular flexibility index (Phi) is 6.38. The minimum atomic E-state index is -0.0109. The predicted octanol–water partition coefficient (Wildman–Crippen LogP) is 3.47. The quantitative estimate of drug-likeness (QED) is 0.645. The van der Waals surface area contributed by atoms with Crippen molar-refractivity contribution in [1.82, 2.24) is 15.3 Å². The molecule has 0 bridgehead atoms. The van der Waals surface area contributed by atoms with E-state index in [1.165, 1.54) is 0 Å². The van der Waals surface area contributed by atoms with Gasteiger partial charge in [-0.1, -0.05) is 6.07 Å². The van der Waals surface area contributed by atoms with E-state index in [-0.39, 0.29) is 5.91 Å². The number of aryl methyl sites for hydroxylation is 1. The van der Waals surface area contributed by atoms with Crippen molar-refractivity contribution in [3.05, 3.63) is 59.4 Å². The number of aromatic nitrogens is 2. The highest BCUT2D eigenvalue weighted by Gasteiger charge is 2.09. The molecule has 0 unspecified atom stereocenters. The third-order valence-corrected chi connectivity index (χ3v) is 4.97. The lowest BCUT2D eigenvalue weighted by atomic mass is 10.2. The van der Waals surface area contributed by atoms with Crippen molar-refractivity contribution in [3.63, 3.8) is 0 Å². The molecule has 1 aromatic carbocycles. The molecule has 7 heteroatoms. The molecule has 3 aromatic rings. The summed E-state index contributed by atoms with van der Waals surface area (Å²) in [5, 5.41) is 5.87. The number of hydrogen-bond donors (Lipinski definition) is 1. The molecule has 0 saturated carbocycles. The number of nitrogens with one attached hydrogen (secondary N) is 1. The van der Waals surface area contributed by atoms with E-state index in [0.717, 1.165) is 21.8 Å². The van der Waals surface area contributed by atoms with Crippen LogP contribution in [0.2, 0.25) is 0 Å². The Balaban J connectivity index is 1.50. The number of methoxy groups -OCH3 is 2. The van der Waals surface area contributed by atoms with E-state index in [9.17, 15) is 4.79 Å². The summed E-state index contributed by atoms with van der Waals surface area (Å²) in [7, 11) is 3.19. The molecule has 6 nitrogen and oxygen atoms in total. The first-order chi connectivity index (χ1) is 13.2. The van der Waals surface area contributed by atoms with Crippen molar-refractivity contribution >= 4 is 17.2 Å². The second-order valence-electron chi connectivity index (χ2n) is 5.85. The van der Waals surface area contributed by atoms with Gasteiger partial charge in [-0.15, -0.1) is 11.3 Å². The average molecular weight is 383 g/mol. The topological polar surface area (TPSA) is 73.3 Å². The van der Waals surface area contributed by atoms with Crippen LogP contribution in [-0.2, 0) is 17.8 Å². The smallest absolute Gasteiger partial charge is 0.220 e. The summed E-state index contributed by atoms with van der Waals surface area (Å²) >= 11 is 1.58. The SMILES string of the molecule is COc1ccc(CNC(=O)CCc2csc(-c3ccncc3)n2)cc1OC. The highest BCUT2D eigenvalue weighted by molar-refractivity contribution is 7.13. The molecule has 0 aliphatic carbocycles. The van der Waals surface area contributed by atoms with Crippen LogP contribution in [0, 0.1) is 0 Å². The first-order valence-electron chi connectivity index (χ1n) is 8.52. The highest BCUT2D eigenvalue weighted by Crippen LogP contribution is 2.27. The Bertz CT molecular complexity index is 896. The van der Waals surface area contributed by atoms with Crippen molar-refractivity contribution in [3.8, 4) is 22.1 Å². The number of pyridine rings is 1. The van der Waals surface area contributed by atoms with Gasteiger partial charge >= 0.3 is 0 Å². The third kappa shape index (κ3) is 5.04. The van der Waals surface area contributed by atoms with Gasteiger partial charge in [0.25, 0.3) is 0 Å². The van der Waals surface area contributed by atoms with Crippen molar-refractivity contribution in [2.45, 2.75) is 19.4 Å². The van der Waals surface area contributed by atoms with Gasteiger partial charge < -0.3 is 14.8 Å². The van der Waals surface area contributed by atoms with Crippen LogP contribution in [0.5, 0.6) is 11.5 Å². The highest BCUT2D eigenvalue weighted by atomic mass is 32.1. The summed E-state index contributed by atoms with van der Waals surface area (Å²) in [4.78, 5) is 20.7. The molecule has 2 heterocycles. The first-order valence-corrected chi connectivity index (χ1v) is 9.40. The molecule has 1 N–H and O–H groups in total. The van der Waals surface area contributed by atoms with Gasteiger partial charge in [0.15, 0.2) is 11.5 Å². The van der Waals surface area contributed by atoms with Crippen molar-refractivity contribution < 1.29 is 14.3 Å². The van der Waals surface area contributed by atoms with Gasteiger partial charge in [0.05, 0.1) is 19.9 Å². The number of amides is 1. The normalized spacial score (nSPS) is 10.4. The van der Waals surface area contributed by atoms with E-state index < -0.39 is 0 Å².